The summed E-state index contributed by atoms with van der Waals surface area (Å²) in [5.74, 6) is 0.993. The van der Waals surface area contributed by atoms with Gasteiger partial charge in [0.2, 0.25) is 0 Å². The fourth-order valence-electron chi connectivity index (χ4n) is 2.47. The third kappa shape index (κ3) is 3.35. The molecule has 2 aromatic rings. The standard InChI is InChI=1S/C18H18N2O5/c1-10-17(21)20-14-8-11(4-7-15(14)25-10)19-18(22)13-6-5-12(23-2)9-16(13)24-3/h4-10H,1-3H3,(H,19,22)(H,20,21)/t10-/m1/s1. The number of ether oxygens (including phenoxy) is 3. The molecule has 1 atom stereocenters. The number of methoxy groups -OCH3 is 2. The largest absolute Gasteiger partial charge is 0.497 e. The Hall–Kier alpha value is -3.22. The zero-order valence-corrected chi connectivity index (χ0v) is 14.1. The van der Waals surface area contributed by atoms with Gasteiger partial charge >= 0.3 is 0 Å². The quantitative estimate of drug-likeness (QED) is 0.892. The highest BCUT2D eigenvalue weighted by Gasteiger charge is 2.24. The van der Waals surface area contributed by atoms with Crippen LogP contribution in [0, 0.1) is 0 Å². The number of carbonyl (C=O) groups excluding carboxylic acids is 2. The maximum atomic E-state index is 12.5. The number of hydrogen-bond acceptors (Lipinski definition) is 5. The first-order valence-corrected chi connectivity index (χ1v) is 7.66. The normalized spacial score (nSPS) is 15.5. The Labute approximate surface area is 144 Å². The second-order valence-electron chi connectivity index (χ2n) is 5.48. The zero-order valence-electron chi connectivity index (χ0n) is 14.1. The summed E-state index contributed by atoms with van der Waals surface area (Å²) in [6.45, 7) is 1.67. The molecule has 130 valence electrons. The van der Waals surface area contributed by atoms with Gasteiger partial charge in [-0.15, -0.1) is 0 Å². The monoisotopic (exact) mass is 342 g/mol. The summed E-state index contributed by atoms with van der Waals surface area (Å²) in [6.07, 6.45) is -0.545. The van der Waals surface area contributed by atoms with E-state index in [1.54, 1.807) is 50.4 Å². The second-order valence-corrected chi connectivity index (χ2v) is 5.48. The zero-order chi connectivity index (χ0) is 18.0. The average Bonchev–Trinajstić information content (AvgIpc) is 2.62. The number of rotatable bonds is 4. The first-order chi connectivity index (χ1) is 12.0. The molecule has 25 heavy (non-hydrogen) atoms. The van der Waals surface area contributed by atoms with Crippen LogP contribution in [-0.4, -0.2) is 32.1 Å². The minimum Gasteiger partial charge on any atom is -0.497 e. The van der Waals surface area contributed by atoms with Crippen LogP contribution >= 0.6 is 0 Å². The molecule has 1 aliphatic heterocycles. The lowest BCUT2D eigenvalue weighted by molar-refractivity contribution is -0.122. The molecule has 7 nitrogen and oxygen atoms in total. The van der Waals surface area contributed by atoms with Crippen molar-refractivity contribution in [3.63, 3.8) is 0 Å². The Balaban J connectivity index is 1.82. The van der Waals surface area contributed by atoms with Crippen LogP contribution in [0.25, 0.3) is 0 Å². The number of carbonyl (C=O) groups is 2. The predicted molar refractivity (Wildman–Crippen MR) is 92.7 cm³/mol. The maximum absolute atomic E-state index is 12.5. The Morgan fingerprint density at radius 1 is 1.16 bits per heavy atom. The van der Waals surface area contributed by atoms with E-state index in [2.05, 4.69) is 10.6 Å². The summed E-state index contributed by atoms with van der Waals surface area (Å²) in [4.78, 5) is 24.2. The van der Waals surface area contributed by atoms with Crippen LogP contribution in [-0.2, 0) is 4.79 Å². The van der Waals surface area contributed by atoms with Crippen LogP contribution in [0.5, 0.6) is 17.2 Å². The minimum atomic E-state index is -0.545. The molecular weight excluding hydrogens is 324 g/mol. The second kappa shape index (κ2) is 6.72. The highest BCUT2D eigenvalue weighted by atomic mass is 16.5. The first-order valence-electron chi connectivity index (χ1n) is 7.66. The molecule has 3 rings (SSSR count). The molecule has 7 heteroatoms. The van der Waals surface area contributed by atoms with E-state index in [-0.39, 0.29) is 11.8 Å². The maximum Gasteiger partial charge on any atom is 0.265 e. The molecule has 0 radical (unpaired) electrons. The summed E-state index contributed by atoms with van der Waals surface area (Å²) in [5.41, 5.74) is 1.41. The van der Waals surface area contributed by atoms with Crippen LogP contribution in [0.1, 0.15) is 17.3 Å². The van der Waals surface area contributed by atoms with E-state index in [1.807, 2.05) is 0 Å². The molecule has 0 fully saturated rings. The van der Waals surface area contributed by atoms with Crippen molar-refractivity contribution in [2.24, 2.45) is 0 Å². The fourth-order valence-corrected chi connectivity index (χ4v) is 2.47. The van der Waals surface area contributed by atoms with Gasteiger partial charge in [-0.1, -0.05) is 0 Å². The molecule has 2 aromatic carbocycles. The van der Waals surface area contributed by atoms with Crippen LogP contribution in [0.3, 0.4) is 0 Å². The molecule has 0 spiro atoms. The smallest absolute Gasteiger partial charge is 0.265 e. The van der Waals surface area contributed by atoms with Gasteiger partial charge in [0.15, 0.2) is 6.10 Å². The summed E-state index contributed by atoms with van der Waals surface area (Å²) < 4.78 is 15.9. The molecule has 0 aromatic heterocycles. The first kappa shape index (κ1) is 16.6. The summed E-state index contributed by atoms with van der Waals surface area (Å²) in [5, 5.41) is 5.52. The Bertz CT molecular complexity index is 834. The molecular formula is C18H18N2O5. The molecule has 2 amide bonds. The third-order valence-electron chi connectivity index (χ3n) is 3.82. The lowest BCUT2D eigenvalue weighted by Crippen LogP contribution is -2.34. The molecule has 0 saturated carbocycles. The number of hydrogen-bond donors (Lipinski definition) is 2. The number of benzene rings is 2. The lowest BCUT2D eigenvalue weighted by Gasteiger charge is -2.23. The van der Waals surface area contributed by atoms with Crippen molar-refractivity contribution in [1.82, 2.24) is 0 Å². The Kier molecular flexibility index (Phi) is 4.47. The van der Waals surface area contributed by atoms with Gasteiger partial charge < -0.3 is 24.8 Å². The van der Waals surface area contributed by atoms with Gasteiger partial charge in [-0.2, -0.15) is 0 Å². The van der Waals surface area contributed by atoms with Gasteiger partial charge in [0.25, 0.3) is 11.8 Å². The molecule has 1 heterocycles. The minimum absolute atomic E-state index is 0.229. The highest BCUT2D eigenvalue weighted by Crippen LogP contribution is 2.32. The highest BCUT2D eigenvalue weighted by molar-refractivity contribution is 6.07. The molecule has 0 aliphatic carbocycles. The van der Waals surface area contributed by atoms with E-state index >= 15 is 0 Å². The average molecular weight is 342 g/mol. The topological polar surface area (TPSA) is 85.9 Å². The van der Waals surface area contributed by atoms with Crippen molar-refractivity contribution in [1.29, 1.82) is 0 Å². The third-order valence-corrected chi connectivity index (χ3v) is 3.82. The van der Waals surface area contributed by atoms with Gasteiger partial charge in [-0.25, -0.2) is 0 Å². The van der Waals surface area contributed by atoms with E-state index in [0.717, 1.165) is 0 Å². The molecule has 2 N–H and O–H groups in total. The van der Waals surface area contributed by atoms with E-state index in [1.165, 1.54) is 7.11 Å². The van der Waals surface area contributed by atoms with E-state index in [0.29, 0.717) is 34.2 Å². The van der Waals surface area contributed by atoms with Gasteiger partial charge in [0.05, 0.1) is 25.5 Å². The van der Waals surface area contributed by atoms with Crippen molar-refractivity contribution in [3.05, 3.63) is 42.0 Å². The van der Waals surface area contributed by atoms with Crippen LogP contribution in [0.4, 0.5) is 11.4 Å². The Morgan fingerprint density at radius 3 is 2.68 bits per heavy atom. The number of nitrogens with one attached hydrogen (secondary N) is 2. The molecule has 1 aliphatic rings. The van der Waals surface area contributed by atoms with Crippen molar-refractivity contribution >= 4 is 23.2 Å². The van der Waals surface area contributed by atoms with E-state index < -0.39 is 6.10 Å². The molecule has 0 bridgehead atoms. The Morgan fingerprint density at radius 2 is 1.96 bits per heavy atom. The predicted octanol–water partition coefficient (Wildman–Crippen LogP) is 2.68. The van der Waals surface area contributed by atoms with Gasteiger partial charge in [-0.3, -0.25) is 9.59 Å². The van der Waals surface area contributed by atoms with Gasteiger partial charge in [0, 0.05) is 11.8 Å². The van der Waals surface area contributed by atoms with Crippen molar-refractivity contribution in [2.75, 3.05) is 24.9 Å². The number of fused-ring (bicyclic) bond motifs is 1. The van der Waals surface area contributed by atoms with Crippen molar-refractivity contribution in [2.45, 2.75) is 13.0 Å². The van der Waals surface area contributed by atoms with E-state index in [4.69, 9.17) is 14.2 Å². The summed E-state index contributed by atoms with van der Waals surface area (Å²) >= 11 is 0. The van der Waals surface area contributed by atoms with Crippen molar-refractivity contribution < 1.29 is 23.8 Å². The summed E-state index contributed by atoms with van der Waals surface area (Å²) in [6, 6.07) is 9.99. The lowest BCUT2D eigenvalue weighted by atomic mass is 10.1. The van der Waals surface area contributed by atoms with Crippen LogP contribution in [0.15, 0.2) is 36.4 Å². The number of anilines is 2. The summed E-state index contributed by atoms with van der Waals surface area (Å²) in [7, 11) is 3.03. The molecule has 0 saturated heterocycles. The fraction of sp³-hybridized carbons (Fsp3) is 0.222. The number of amides is 2. The SMILES string of the molecule is COc1ccc(C(=O)Nc2ccc3c(c2)NC(=O)[C@@H](C)O3)c(OC)c1. The van der Waals surface area contributed by atoms with Gasteiger partial charge in [-0.05, 0) is 37.3 Å². The van der Waals surface area contributed by atoms with Crippen molar-refractivity contribution in [3.8, 4) is 17.2 Å². The van der Waals surface area contributed by atoms with Crippen LogP contribution in [0.2, 0.25) is 0 Å². The molecule has 0 unspecified atom stereocenters. The van der Waals surface area contributed by atoms with Gasteiger partial charge in [0.1, 0.15) is 17.2 Å². The van der Waals surface area contributed by atoms with E-state index in [9.17, 15) is 9.59 Å². The van der Waals surface area contributed by atoms with Crippen LogP contribution < -0.4 is 24.8 Å².